The van der Waals surface area contributed by atoms with Gasteiger partial charge in [0.1, 0.15) is 6.04 Å². The maximum Gasteiger partial charge on any atom is 0.273 e. The van der Waals surface area contributed by atoms with Crippen molar-refractivity contribution < 1.29 is 19.8 Å². The molecule has 9 heteroatoms. The molecule has 0 aliphatic heterocycles. The summed E-state index contributed by atoms with van der Waals surface area (Å²) < 4.78 is 1.75. The third-order valence-electron chi connectivity index (χ3n) is 4.97. The molecule has 0 bridgehead atoms. The number of nitrogens with zero attached hydrogens (tertiary/aromatic N) is 3. The summed E-state index contributed by atoms with van der Waals surface area (Å²) in [6.07, 6.45) is 1.98. The van der Waals surface area contributed by atoms with Crippen molar-refractivity contribution in [3.8, 4) is 6.07 Å². The Morgan fingerprint density at radius 3 is 2.45 bits per heavy atom. The van der Waals surface area contributed by atoms with E-state index in [0.29, 0.717) is 18.4 Å². The molecule has 4 N–H and O–H groups in total. The van der Waals surface area contributed by atoms with E-state index in [4.69, 9.17) is 5.26 Å². The Kier molecular flexibility index (Phi) is 8.54. The zero-order chi connectivity index (χ0) is 23.0. The molecule has 0 radical (unpaired) electrons. The van der Waals surface area contributed by atoms with Gasteiger partial charge in [0.05, 0.1) is 30.8 Å². The molecule has 0 aliphatic rings. The molecular weight excluding hydrogens is 398 g/mol. The standard InChI is InChI=1S/C22H31N5O4/c1-22(2,3)19(21(31)24-15(13-28)14-29)25-20(30)18-16-9-5-6-10-17(16)27(26-18)12-8-4-7-11-23/h5-6,9-10,15,19,28-29H,4,7-8,12-14H2,1-3H3,(H,24,31)(H,25,30). The second-order valence-corrected chi connectivity index (χ2v) is 8.55. The van der Waals surface area contributed by atoms with Gasteiger partial charge in [-0.1, -0.05) is 39.0 Å². The number of nitriles is 1. The van der Waals surface area contributed by atoms with Crippen LogP contribution < -0.4 is 10.6 Å². The lowest BCUT2D eigenvalue weighted by Gasteiger charge is -2.31. The molecule has 0 aliphatic carbocycles. The van der Waals surface area contributed by atoms with Gasteiger partial charge in [-0.15, -0.1) is 0 Å². The Morgan fingerprint density at radius 2 is 1.84 bits per heavy atom. The molecule has 0 fully saturated rings. The highest BCUT2D eigenvalue weighted by atomic mass is 16.3. The van der Waals surface area contributed by atoms with E-state index in [2.05, 4.69) is 21.8 Å². The summed E-state index contributed by atoms with van der Waals surface area (Å²) in [5, 5.41) is 37.7. The SMILES string of the molecule is CC(C)(C)C(NC(=O)c1nn(CCCCC#N)c2ccccc12)C(=O)NC(CO)CO. The summed E-state index contributed by atoms with van der Waals surface area (Å²) in [4.78, 5) is 25.9. The minimum absolute atomic E-state index is 0.221. The average molecular weight is 430 g/mol. The van der Waals surface area contributed by atoms with Crippen LogP contribution in [0.3, 0.4) is 0 Å². The van der Waals surface area contributed by atoms with Crippen LogP contribution in [0.2, 0.25) is 0 Å². The van der Waals surface area contributed by atoms with E-state index >= 15 is 0 Å². The maximum atomic E-state index is 13.1. The Bertz CT molecular complexity index is 938. The number of nitrogens with one attached hydrogen (secondary N) is 2. The van der Waals surface area contributed by atoms with Gasteiger partial charge in [0.2, 0.25) is 5.91 Å². The summed E-state index contributed by atoms with van der Waals surface area (Å²) in [6, 6.07) is 7.79. The number of carbonyl (C=O) groups is 2. The lowest BCUT2D eigenvalue weighted by atomic mass is 9.85. The van der Waals surface area contributed by atoms with Crippen LogP contribution in [-0.4, -0.2) is 57.1 Å². The highest BCUT2D eigenvalue weighted by Gasteiger charge is 2.34. The monoisotopic (exact) mass is 429 g/mol. The lowest BCUT2D eigenvalue weighted by molar-refractivity contribution is -0.126. The second-order valence-electron chi connectivity index (χ2n) is 8.55. The van der Waals surface area contributed by atoms with E-state index in [1.54, 1.807) is 4.68 Å². The Morgan fingerprint density at radius 1 is 1.16 bits per heavy atom. The van der Waals surface area contributed by atoms with Gasteiger partial charge in [0.25, 0.3) is 5.91 Å². The van der Waals surface area contributed by atoms with E-state index in [-0.39, 0.29) is 5.69 Å². The molecule has 2 rings (SSSR count). The fourth-order valence-corrected chi connectivity index (χ4v) is 3.24. The first-order valence-corrected chi connectivity index (χ1v) is 10.4. The summed E-state index contributed by atoms with van der Waals surface area (Å²) in [7, 11) is 0. The molecule has 168 valence electrons. The highest BCUT2D eigenvalue weighted by Crippen LogP contribution is 2.23. The van der Waals surface area contributed by atoms with Gasteiger partial charge < -0.3 is 20.8 Å². The van der Waals surface area contributed by atoms with Crippen LogP contribution in [-0.2, 0) is 11.3 Å². The van der Waals surface area contributed by atoms with Crippen molar-refractivity contribution in [2.75, 3.05) is 13.2 Å². The number of aryl methyl sites for hydroxylation is 1. The van der Waals surface area contributed by atoms with Crippen molar-refractivity contribution in [3.63, 3.8) is 0 Å². The van der Waals surface area contributed by atoms with E-state index in [9.17, 15) is 19.8 Å². The Hall–Kier alpha value is -2.96. The summed E-state index contributed by atoms with van der Waals surface area (Å²) in [6.45, 7) is 5.21. The summed E-state index contributed by atoms with van der Waals surface area (Å²) in [5.41, 5.74) is 0.408. The van der Waals surface area contributed by atoms with E-state index in [1.807, 2.05) is 45.0 Å². The van der Waals surface area contributed by atoms with Crippen molar-refractivity contribution >= 4 is 22.7 Å². The van der Waals surface area contributed by atoms with Crippen LogP contribution in [0.15, 0.2) is 24.3 Å². The van der Waals surface area contributed by atoms with Gasteiger partial charge in [-0.3, -0.25) is 14.3 Å². The third-order valence-corrected chi connectivity index (χ3v) is 4.97. The predicted octanol–water partition coefficient (Wildman–Crippen LogP) is 1.34. The number of amides is 2. The molecule has 31 heavy (non-hydrogen) atoms. The molecule has 1 unspecified atom stereocenters. The van der Waals surface area contributed by atoms with Crippen molar-refractivity contribution in [2.24, 2.45) is 5.41 Å². The first-order valence-electron chi connectivity index (χ1n) is 10.4. The first kappa shape index (κ1) is 24.3. The second kappa shape index (κ2) is 10.9. The largest absolute Gasteiger partial charge is 0.394 e. The van der Waals surface area contributed by atoms with Crippen molar-refractivity contribution in [3.05, 3.63) is 30.0 Å². The average Bonchev–Trinajstić information content (AvgIpc) is 3.11. The molecule has 1 heterocycles. The van der Waals surface area contributed by atoms with Crippen molar-refractivity contribution in [1.82, 2.24) is 20.4 Å². The quantitative estimate of drug-likeness (QED) is 0.420. The van der Waals surface area contributed by atoms with Crippen molar-refractivity contribution in [1.29, 1.82) is 5.26 Å². The Balaban J connectivity index is 2.27. The molecule has 0 saturated heterocycles. The van der Waals surface area contributed by atoms with Gasteiger partial charge >= 0.3 is 0 Å². The van der Waals surface area contributed by atoms with Crippen LogP contribution in [0.5, 0.6) is 0 Å². The molecular formula is C22H31N5O4. The smallest absolute Gasteiger partial charge is 0.273 e. The topological polar surface area (TPSA) is 140 Å². The van der Waals surface area contributed by atoms with Crippen LogP contribution in [0.1, 0.15) is 50.5 Å². The minimum Gasteiger partial charge on any atom is -0.394 e. The number of aliphatic hydroxyl groups excluding tert-OH is 2. The van der Waals surface area contributed by atoms with Gasteiger partial charge in [0, 0.05) is 18.4 Å². The fraction of sp³-hybridized carbons (Fsp3) is 0.545. The third kappa shape index (κ3) is 6.26. The number of hydrogen-bond acceptors (Lipinski definition) is 6. The normalized spacial score (nSPS) is 12.5. The number of aromatic nitrogens is 2. The van der Waals surface area contributed by atoms with Crippen LogP contribution in [0, 0.1) is 16.7 Å². The van der Waals surface area contributed by atoms with Crippen LogP contribution in [0.4, 0.5) is 0 Å². The number of fused-ring (bicyclic) bond motifs is 1. The summed E-state index contributed by atoms with van der Waals surface area (Å²) >= 11 is 0. The predicted molar refractivity (Wildman–Crippen MR) is 116 cm³/mol. The van der Waals surface area contributed by atoms with E-state index in [0.717, 1.165) is 18.4 Å². The van der Waals surface area contributed by atoms with Gasteiger partial charge in [0.15, 0.2) is 5.69 Å². The molecule has 1 aromatic carbocycles. The zero-order valence-corrected chi connectivity index (χ0v) is 18.3. The minimum atomic E-state index is -0.903. The lowest BCUT2D eigenvalue weighted by Crippen LogP contribution is -2.56. The van der Waals surface area contributed by atoms with Gasteiger partial charge in [-0.25, -0.2) is 0 Å². The van der Waals surface area contributed by atoms with Gasteiger partial charge in [-0.2, -0.15) is 10.4 Å². The molecule has 0 spiro atoms. The zero-order valence-electron chi connectivity index (χ0n) is 18.3. The van der Waals surface area contributed by atoms with E-state index in [1.165, 1.54) is 0 Å². The summed E-state index contributed by atoms with van der Waals surface area (Å²) in [5.74, 6) is -0.971. The molecule has 2 amide bonds. The number of para-hydroxylation sites is 1. The van der Waals surface area contributed by atoms with Gasteiger partial charge in [-0.05, 0) is 24.3 Å². The number of carbonyl (C=O) groups excluding carboxylic acids is 2. The number of rotatable bonds is 10. The fourth-order valence-electron chi connectivity index (χ4n) is 3.24. The molecule has 1 aromatic heterocycles. The number of benzene rings is 1. The highest BCUT2D eigenvalue weighted by molar-refractivity contribution is 6.06. The van der Waals surface area contributed by atoms with E-state index < -0.39 is 42.5 Å². The molecule has 9 nitrogen and oxygen atoms in total. The van der Waals surface area contributed by atoms with Crippen molar-refractivity contribution in [2.45, 2.75) is 58.7 Å². The molecule has 0 saturated carbocycles. The Labute approximate surface area is 182 Å². The molecule has 2 aromatic rings. The number of hydrogen-bond donors (Lipinski definition) is 4. The van der Waals surface area contributed by atoms with Crippen LogP contribution >= 0.6 is 0 Å². The maximum absolute atomic E-state index is 13.1. The number of aliphatic hydroxyl groups is 2. The molecule has 1 atom stereocenters. The van der Waals surface area contributed by atoms with Crippen LogP contribution in [0.25, 0.3) is 10.9 Å². The number of unbranched alkanes of at least 4 members (excludes halogenated alkanes) is 2. The first-order chi connectivity index (χ1) is 14.7.